The van der Waals surface area contributed by atoms with E-state index in [1.54, 1.807) is 7.11 Å². The molecule has 0 saturated carbocycles. The smallest absolute Gasteiger partial charge is 0.188 e. The molecule has 0 aliphatic rings. The number of rotatable bonds is 6. The highest BCUT2D eigenvalue weighted by Gasteiger charge is 2.04. The minimum absolute atomic E-state index is 0.209. The molecule has 0 N–H and O–H groups in total. The summed E-state index contributed by atoms with van der Waals surface area (Å²) >= 11 is 3.42. The van der Waals surface area contributed by atoms with E-state index in [0.29, 0.717) is 12.4 Å². The highest BCUT2D eigenvalue weighted by molar-refractivity contribution is 9.10. The SMILES string of the molecule is COCOc1cc(OCc2ccccc2)ccc1Br. The van der Waals surface area contributed by atoms with Gasteiger partial charge in [0.25, 0.3) is 0 Å². The summed E-state index contributed by atoms with van der Waals surface area (Å²) in [5, 5.41) is 0. The molecule has 19 heavy (non-hydrogen) atoms. The van der Waals surface area contributed by atoms with Gasteiger partial charge in [-0.15, -0.1) is 0 Å². The maximum Gasteiger partial charge on any atom is 0.188 e. The van der Waals surface area contributed by atoms with Crippen molar-refractivity contribution >= 4 is 15.9 Å². The number of benzene rings is 2. The Morgan fingerprint density at radius 3 is 2.53 bits per heavy atom. The first-order chi connectivity index (χ1) is 9.29. The minimum atomic E-state index is 0.209. The Labute approximate surface area is 121 Å². The Hall–Kier alpha value is -1.52. The second kappa shape index (κ2) is 7.16. The molecular weight excluding hydrogens is 308 g/mol. The maximum absolute atomic E-state index is 5.73. The van der Waals surface area contributed by atoms with Gasteiger partial charge >= 0.3 is 0 Å². The molecule has 0 spiro atoms. The molecule has 0 atom stereocenters. The molecule has 0 unspecified atom stereocenters. The van der Waals surface area contributed by atoms with Crippen molar-refractivity contribution in [3.05, 3.63) is 58.6 Å². The van der Waals surface area contributed by atoms with E-state index < -0.39 is 0 Å². The number of ether oxygens (including phenoxy) is 3. The van der Waals surface area contributed by atoms with E-state index in [2.05, 4.69) is 15.9 Å². The van der Waals surface area contributed by atoms with Crippen molar-refractivity contribution in [2.45, 2.75) is 6.61 Å². The van der Waals surface area contributed by atoms with Gasteiger partial charge in [-0.1, -0.05) is 30.3 Å². The van der Waals surface area contributed by atoms with Crippen LogP contribution in [0.5, 0.6) is 11.5 Å². The molecule has 0 saturated heterocycles. The summed E-state index contributed by atoms with van der Waals surface area (Å²) in [6, 6.07) is 15.7. The van der Waals surface area contributed by atoms with Gasteiger partial charge in [0.05, 0.1) is 4.47 Å². The predicted octanol–water partition coefficient (Wildman–Crippen LogP) is 4.01. The monoisotopic (exact) mass is 322 g/mol. The van der Waals surface area contributed by atoms with Crippen molar-refractivity contribution in [1.29, 1.82) is 0 Å². The van der Waals surface area contributed by atoms with Gasteiger partial charge in [-0.3, -0.25) is 0 Å². The standard InChI is InChI=1S/C15H15BrO3/c1-17-11-19-15-9-13(7-8-14(15)16)18-10-12-5-3-2-4-6-12/h2-9H,10-11H2,1H3. The third kappa shape index (κ3) is 4.26. The molecule has 3 nitrogen and oxygen atoms in total. The number of hydrogen-bond acceptors (Lipinski definition) is 3. The lowest BCUT2D eigenvalue weighted by atomic mass is 10.2. The van der Waals surface area contributed by atoms with Crippen LogP contribution in [0.2, 0.25) is 0 Å². The zero-order valence-corrected chi connectivity index (χ0v) is 12.2. The van der Waals surface area contributed by atoms with Crippen LogP contribution in [-0.2, 0) is 11.3 Å². The first kappa shape index (κ1) is 13.9. The lowest BCUT2D eigenvalue weighted by Gasteiger charge is -2.10. The molecule has 2 aromatic carbocycles. The lowest BCUT2D eigenvalue weighted by molar-refractivity contribution is 0.0504. The van der Waals surface area contributed by atoms with E-state index in [4.69, 9.17) is 14.2 Å². The fourth-order valence-electron chi connectivity index (χ4n) is 1.55. The van der Waals surface area contributed by atoms with Crippen LogP contribution in [-0.4, -0.2) is 13.9 Å². The van der Waals surface area contributed by atoms with E-state index in [-0.39, 0.29) is 6.79 Å². The number of halogens is 1. The second-order valence-corrected chi connectivity index (χ2v) is 4.77. The fourth-order valence-corrected chi connectivity index (χ4v) is 1.91. The van der Waals surface area contributed by atoms with Crippen molar-refractivity contribution in [2.24, 2.45) is 0 Å². The first-order valence-corrected chi connectivity index (χ1v) is 6.67. The summed E-state index contributed by atoms with van der Waals surface area (Å²) in [7, 11) is 1.59. The van der Waals surface area contributed by atoms with E-state index in [0.717, 1.165) is 15.8 Å². The van der Waals surface area contributed by atoms with E-state index in [9.17, 15) is 0 Å². The molecule has 2 rings (SSSR count). The molecule has 4 heteroatoms. The summed E-state index contributed by atoms with van der Waals surface area (Å²) in [5.41, 5.74) is 1.13. The van der Waals surface area contributed by atoms with Gasteiger partial charge in [-0.25, -0.2) is 0 Å². The van der Waals surface area contributed by atoms with E-state index in [1.165, 1.54) is 0 Å². The van der Waals surface area contributed by atoms with Crippen LogP contribution in [0.1, 0.15) is 5.56 Å². The summed E-state index contributed by atoms with van der Waals surface area (Å²) in [6.45, 7) is 0.743. The third-order valence-corrected chi connectivity index (χ3v) is 3.14. The van der Waals surface area contributed by atoms with Gasteiger partial charge in [-0.05, 0) is 33.6 Å². The molecule has 0 fully saturated rings. The molecule has 0 heterocycles. The Balaban J connectivity index is 2.00. The predicted molar refractivity (Wildman–Crippen MR) is 77.4 cm³/mol. The van der Waals surface area contributed by atoms with Gasteiger partial charge in [0, 0.05) is 13.2 Å². The number of hydrogen-bond donors (Lipinski definition) is 0. The Morgan fingerprint density at radius 2 is 1.79 bits per heavy atom. The average molecular weight is 323 g/mol. The molecular formula is C15H15BrO3. The summed E-state index contributed by atoms with van der Waals surface area (Å²) in [4.78, 5) is 0. The van der Waals surface area contributed by atoms with E-state index in [1.807, 2.05) is 48.5 Å². The molecule has 0 radical (unpaired) electrons. The van der Waals surface area contributed by atoms with Gasteiger partial charge in [-0.2, -0.15) is 0 Å². The van der Waals surface area contributed by atoms with Crippen molar-refractivity contribution in [3.8, 4) is 11.5 Å². The van der Waals surface area contributed by atoms with Crippen molar-refractivity contribution < 1.29 is 14.2 Å². The van der Waals surface area contributed by atoms with Gasteiger partial charge < -0.3 is 14.2 Å². The van der Waals surface area contributed by atoms with Crippen LogP contribution < -0.4 is 9.47 Å². The lowest BCUT2D eigenvalue weighted by Crippen LogP contribution is -2.00. The summed E-state index contributed by atoms with van der Waals surface area (Å²) in [5.74, 6) is 1.46. The summed E-state index contributed by atoms with van der Waals surface area (Å²) in [6.07, 6.45) is 0. The van der Waals surface area contributed by atoms with Crippen LogP contribution >= 0.6 is 15.9 Å². The van der Waals surface area contributed by atoms with Gasteiger partial charge in [0.2, 0.25) is 0 Å². The minimum Gasteiger partial charge on any atom is -0.489 e. The molecule has 0 aliphatic carbocycles. The molecule has 0 amide bonds. The third-order valence-electron chi connectivity index (χ3n) is 2.48. The highest BCUT2D eigenvalue weighted by atomic mass is 79.9. The molecule has 0 aromatic heterocycles. The van der Waals surface area contributed by atoms with Crippen LogP contribution in [0.15, 0.2) is 53.0 Å². The van der Waals surface area contributed by atoms with Crippen LogP contribution in [0, 0.1) is 0 Å². The van der Waals surface area contributed by atoms with Crippen molar-refractivity contribution in [1.82, 2.24) is 0 Å². The number of methoxy groups -OCH3 is 1. The summed E-state index contributed by atoms with van der Waals surface area (Å²) < 4.78 is 16.9. The van der Waals surface area contributed by atoms with Gasteiger partial charge in [0.1, 0.15) is 18.1 Å². The average Bonchev–Trinajstić information content (AvgIpc) is 2.46. The topological polar surface area (TPSA) is 27.7 Å². The van der Waals surface area contributed by atoms with Crippen LogP contribution in [0.3, 0.4) is 0 Å². The van der Waals surface area contributed by atoms with Gasteiger partial charge in [0.15, 0.2) is 6.79 Å². The van der Waals surface area contributed by atoms with Crippen molar-refractivity contribution in [2.75, 3.05) is 13.9 Å². The highest BCUT2D eigenvalue weighted by Crippen LogP contribution is 2.29. The second-order valence-electron chi connectivity index (χ2n) is 3.92. The molecule has 0 aliphatic heterocycles. The Kier molecular flexibility index (Phi) is 5.24. The molecule has 2 aromatic rings. The van der Waals surface area contributed by atoms with E-state index >= 15 is 0 Å². The Morgan fingerprint density at radius 1 is 1.00 bits per heavy atom. The maximum atomic E-state index is 5.73. The van der Waals surface area contributed by atoms with Crippen LogP contribution in [0.25, 0.3) is 0 Å². The fraction of sp³-hybridized carbons (Fsp3) is 0.200. The molecule has 0 bridgehead atoms. The zero-order chi connectivity index (χ0) is 13.5. The Bertz CT molecular complexity index is 514. The quantitative estimate of drug-likeness (QED) is 0.752. The van der Waals surface area contributed by atoms with Crippen molar-refractivity contribution in [3.63, 3.8) is 0 Å². The zero-order valence-electron chi connectivity index (χ0n) is 10.6. The molecule has 100 valence electrons. The first-order valence-electron chi connectivity index (χ1n) is 5.87. The largest absolute Gasteiger partial charge is 0.489 e. The van der Waals surface area contributed by atoms with Crippen LogP contribution in [0.4, 0.5) is 0 Å². The normalized spacial score (nSPS) is 10.2.